The van der Waals surface area contributed by atoms with Crippen LogP contribution in [0.25, 0.3) is 0 Å². The first kappa shape index (κ1) is 20.2. The van der Waals surface area contributed by atoms with Crippen LogP contribution in [-0.4, -0.2) is 68.7 Å². The first-order valence-corrected chi connectivity index (χ1v) is 9.55. The van der Waals surface area contributed by atoms with Gasteiger partial charge in [0.1, 0.15) is 19.3 Å². The van der Waals surface area contributed by atoms with Crippen LogP contribution in [0.3, 0.4) is 0 Å². The van der Waals surface area contributed by atoms with Crippen LogP contribution in [0, 0.1) is 5.41 Å². The second-order valence-corrected chi connectivity index (χ2v) is 8.37. The van der Waals surface area contributed by atoms with Gasteiger partial charge in [-0.2, -0.15) is 17.2 Å². The summed E-state index contributed by atoms with van der Waals surface area (Å²) >= 11 is 0. The quantitative estimate of drug-likeness (QED) is 0.521. The van der Waals surface area contributed by atoms with Gasteiger partial charge in [0, 0.05) is 12.8 Å². The molecule has 0 bridgehead atoms. The van der Waals surface area contributed by atoms with Crippen molar-refractivity contribution >= 4 is 22.2 Å². The van der Waals surface area contributed by atoms with Crippen molar-refractivity contribution in [3.05, 3.63) is 0 Å². The molecule has 1 saturated carbocycles. The molecule has 13 heteroatoms. The average molecular weight is 416 g/mol. The van der Waals surface area contributed by atoms with Gasteiger partial charge in [0.15, 0.2) is 5.79 Å². The third kappa shape index (κ3) is 4.00. The van der Waals surface area contributed by atoms with E-state index in [0.717, 1.165) is 0 Å². The van der Waals surface area contributed by atoms with Gasteiger partial charge in [-0.25, -0.2) is 9.59 Å². The minimum absolute atomic E-state index is 0.0901. The van der Waals surface area contributed by atoms with Crippen LogP contribution >= 0.6 is 0 Å². The molecule has 0 aromatic rings. The topological polar surface area (TPSA) is 135 Å². The van der Waals surface area contributed by atoms with E-state index in [0.29, 0.717) is 0 Å². The molecule has 0 unspecified atom stereocenters. The van der Waals surface area contributed by atoms with Crippen LogP contribution < -0.4 is 0 Å². The molecule has 1 aliphatic carbocycles. The van der Waals surface area contributed by atoms with Crippen LogP contribution in [0.4, 0.5) is 13.6 Å². The van der Waals surface area contributed by atoms with Crippen molar-refractivity contribution in [2.75, 3.05) is 26.4 Å². The molecule has 3 aliphatic rings. The normalized spacial score (nSPS) is 25.7. The molecule has 0 amide bonds. The lowest BCUT2D eigenvalue weighted by atomic mass is 9.86. The molecule has 27 heavy (non-hydrogen) atoms. The monoisotopic (exact) mass is 416 g/mol. The van der Waals surface area contributed by atoms with Gasteiger partial charge >= 0.3 is 27.5 Å². The summed E-state index contributed by atoms with van der Waals surface area (Å²) in [6.45, 7) is 0.580. The minimum Gasteiger partial charge on any atom is -0.457 e. The predicted molar refractivity (Wildman–Crippen MR) is 79.2 cm³/mol. The molecule has 0 radical (unpaired) electrons. The summed E-state index contributed by atoms with van der Waals surface area (Å²) in [4.78, 5) is 22.3. The van der Waals surface area contributed by atoms with Crippen LogP contribution in [0.2, 0.25) is 0 Å². The average Bonchev–Trinajstić information content (AvgIpc) is 2.61. The minimum atomic E-state index is -5.90. The lowest BCUT2D eigenvalue weighted by Gasteiger charge is -2.48. The van der Waals surface area contributed by atoms with Gasteiger partial charge in [0.05, 0.1) is 18.6 Å². The first-order chi connectivity index (χ1) is 12.5. The number of hydrogen-bond donors (Lipinski definition) is 1. The summed E-state index contributed by atoms with van der Waals surface area (Å²) in [5.74, 6) is -3.31. The van der Waals surface area contributed by atoms with E-state index in [1.807, 2.05) is 0 Å². The predicted octanol–water partition coefficient (Wildman–Crippen LogP) is 0.849. The van der Waals surface area contributed by atoms with Gasteiger partial charge in [0.2, 0.25) is 0 Å². The number of cyclic esters (lactones) is 2. The van der Waals surface area contributed by atoms with Crippen molar-refractivity contribution in [1.82, 2.24) is 0 Å². The van der Waals surface area contributed by atoms with Crippen LogP contribution in [0.1, 0.15) is 25.7 Å². The fraction of sp³-hybridized carbons (Fsp3) is 0.857. The fourth-order valence-electron chi connectivity index (χ4n) is 3.09. The highest BCUT2D eigenvalue weighted by atomic mass is 32.2. The lowest BCUT2D eigenvalue weighted by molar-refractivity contribution is -0.331. The Morgan fingerprint density at radius 3 is 2.11 bits per heavy atom. The second-order valence-electron chi connectivity index (χ2n) is 6.91. The summed E-state index contributed by atoms with van der Waals surface area (Å²) in [5.41, 5.74) is -0.611. The maximum Gasteiger partial charge on any atom is 0.508 e. The number of halogens is 2. The third-order valence-electron chi connectivity index (χ3n) is 4.80. The van der Waals surface area contributed by atoms with Crippen molar-refractivity contribution in [3.63, 3.8) is 0 Å². The smallest absolute Gasteiger partial charge is 0.457 e. The Kier molecular flexibility index (Phi) is 5.08. The molecule has 1 N–H and O–H groups in total. The fourth-order valence-corrected chi connectivity index (χ4v) is 3.35. The molecule has 2 spiro atoms. The van der Waals surface area contributed by atoms with Crippen molar-refractivity contribution in [2.45, 2.75) is 42.8 Å². The molecular weight excluding hydrogens is 398 g/mol. The number of alkyl halides is 2. The van der Waals surface area contributed by atoms with Gasteiger partial charge in [-0.3, -0.25) is 4.55 Å². The lowest BCUT2D eigenvalue weighted by Crippen LogP contribution is -2.56. The Morgan fingerprint density at radius 1 is 1.11 bits per heavy atom. The molecule has 2 aliphatic heterocycles. The maximum absolute atomic E-state index is 13.2. The number of esters is 1. The summed E-state index contributed by atoms with van der Waals surface area (Å²) in [6, 6.07) is 0. The number of rotatable bonds is 3. The van der Waals surface area contributed by atoms with E-state index < -0.39 is 44.8 Å². The molecular formula is C14H18F2O10S. The van der Waals surface area contributed by atoms with Crippen molar-refractivity contribution < 1.29 is 55.0 Å². The highest BCUT2D eigenvalue weighted by molar-refractivity contribution is 7.87. The summed E-state index contributed by atoms with van der Waals surface area (Å²) < 4.78 is 81.9. The van der Waals surface area contributed by atoms with E-state index in [2.05, 4.69) is 4.74 Å². The zero-order valence-corrected chi connectivity index (χ0v) is 14.8. The van der Waals surface area contributed by atoms with Gasteiger partial charge < -0.3 is 23.7 Å². The van der Waals surface area contributed by atoms with E-state index in [9.17, 15) is 26.8 Å². The van der Waals surface area contributed by atoms with Crippen LogP contribution in [0.5, 0.6) is 0 Å². The Bertz CT molecular complexity index is 691. The Labute approximate surface area is 152 Å². The summed E-state index contributed by atoms with van der Waals surface area (Å²) in [7, 11) is -5.90. The van der Waals surface area contributed by atoms with Crippen LogP contribution in [0.15, 0.2) is 0 Å². The van der Waals surface area contributed by atoms with Gasteiger partial charge in [-0.05, 0) is 12.8 Å². The molecule has 0 aromatic heterocycles. The molecule has 10 nitrogen and oxygen atoms in total. The highest BCUT2D eigenvalue weighted by Crippen LogP contribution is 2.41. The third-order valence-corrected chi connectivity index (χ3v) is 5.62. The number of hydrogen-bond acceptors (Lipinski definition) is 9. The van der Waals surface area contributed by atoms with E-state index in [-0.39, 0.29) is 52.1 Å². The van der Waals surface area contributed by atoms with Gasteiger partial charge in [-0.1, -0.05) is 0 Å². The summed E-state index contributed by atoms with van der Waals surface area (Å²) in [6.07, 6.45) is -1.07. The molecule has 154 valence electrons. The molecule has 2 saturated heterocycles. The molecule has 0 atom stereocenters. The zero-order valence-electron chi connectivity index (χ0n) is 14.0. The van der Waals surface area contributed by atoms with Gasteiger partial charge in [-0.15, -0.1) is 0 Å². The highest BCUT2D eigenvalue weighted by Gasteiger charge is 2.55. The van der Waals surface area contributed by atoms with E-state index in [1.165, 1.54) is 0 Å². The van der Waals surface area contributed by atoms with E-state index in [1.54, 1.807) is 0 Å². The number of ether oxygens (including phenoxy) is 5. The largest absolute Gasteiger partial charge is 0.508 e. The zero-order chi connectivity index (χ0) is 19.9. The second kappa shape index (κ2) is 6.79. The summed E-state index contributed by atoms with van der Waals surface area (Å²) in [5, 5.41) is -5.02. The van der Waals surface area contributed by atoms with Gasteiger partial charge in [0.25, 0.3) is 0 Å². The van der Waals surface area contributed by atoms with Crippen LogP contribution in [-0.2, 0) is 38.6 Å². The Hall–Kier alpha value is -1.57. The first-order valence-electron chi connectivity index (χ1n) is 8.11. The molecule has 3 rings (SSSR count). The van der Waals surface area contributed by atoms with Crippen molar-refractivity contribution in [2.24, 2.45) is 5.41 Å². The van der Waals surface area contributed by atoms with Crippen molar-refractivity contribution in [1.29, 1.82) is 0 Å². The Morgan fingerprint density at radius 2 is 1.63 bits per heavy atom. The van der Waals surface area contributed by atoms with Crippen molar-refractivity contribution in [3.8, 4) is 0 Å². The Balaban J connectivity index is 1.51. The molecule has 3 fully saturated rings. The molecule has 2 heterocycles. The number of carbonyl (C=O) groups is 2. The number of carbonyl (C=O) groups excluding carboxylic acids is 2. The standard InChI is InChI=1S/C14H18F2O10S/c15-14(16,27(19,20)21)10(17)26-9-1-3-13(4-2-9)24-7-12(8-25-13)5-22-11(18)23-6-12/h9H,1-8H2,(H,19,20,21). The molecule has 0 aromatic carbocycles. The SMILES string of the molecule is O=C1OCC2(CO1)COC1(CCC(OC(=O)C(F)(F)S(=O)(=O)O)CC1)OC2. The maximum atomic E-state index is 13.2. The van der Waals surface area contributed by atoms with E-state index >= 15 is 0 Å². The van der Waals surface area contributed by atoms with E-state index in [4.69, 9.17) is 23.5 Å².